The van der Waals surface area contributed by atoms with Gasteiger partial charge in [0.15, 0.2) is 0 Å². The highest BCUT2D eigenvalue weighted by atomic mass is 79.9. The van der Waals surface area contributed by atoms with Gasteiger partial charge in [-0.3, -0.25) is 14.4 Å². The summed E-state index contributed by atoms with van der Waals surface area (Å²) < 4.78 is -0.797. The summed E-state index contributed by atoms with van der Waals surface area (Å²) >= 11 is 5.21. The van der Waals surface area contributed by atoms with Crippen LogP contribution < -0.4 is 0 Å². The Morgan fingerprint density at radius 1 is 1.32 bits per heavy atom. The number of likely N-dealkylation sites (tertiary alicyclic amines) is 1. The number of thioether (sulfide) groups is 1. The van der Waals surface area contributed by atoms with Crippen LogP contribution in [0.25, 0.3) is 0 Å². The van der Waals surface area contributed by atoms with E-state index in [0.717, 1.165) is 32.1 Å². The second-order valence-corrected chi connectivity index (χ2v) is 13.5. The van der Waals surface area contributed by atoms with Crippen molar-refractivity contribution in [2.24, 2.45) is 17.8 Å². The fourth-order valence-corrected chi connectivity index (χ4v) is 10.5. The molecule has 4 fully saturated rings. The SMILES string of the molecule is C=CCN(C(=O)C1N([C@@H](CO)CC(C)C)C(=O)[C@@H]2[C@H](C(=O)O)[C@H]3SC12CC3Br)C1CCCCC1. The number of fused-ring (bicyclic) bond motifs is 1. The van der Waals surface area contributed by atoms with Crippen LogP contribution in [-0.4, -0.2) is 83.9 Å². The number of aliphatic carboxylic acids is 1. The largest absolute Gasteiger partial charge is 0.481 e. The molecule has 3 heterocycles. The molecule has 2 bridgehead atoms. The Bertz CT molecular complexity index is 834. The van der Waals surface area contributed by atoms with E-state index in [0.29, 0.717) is 19.4 Å². The molecule has 3 saturated heterocycles. The van der Waals surface area contributed by atoms with Gasteiger partial charge in [0.1, 0.15) is 6.04 Å². The van der Waals surface area contributed by atoms with Crippen molar-refractivity contribution < 1.29 is 24.6 Å². The fourth-order valence-electron chi connectivity index (χ4n) is 6.95. The zero-order chi connectivity index (χ0) is 24.8. The number of aliphatic hydroxyl groups excluding tert-OH is 1. The van der Waals surface area contributed by atoms with Gasteiger partial charge < -0.3 is 20.0 Å². The first-order chi connectivity index (χ1) is 16.2. The van der Waals surface area contributed by atoms with Gasteiger partial charge in [0.25, 0.3) is 0 Å². The number of carboxylic acids is 1. The normalized spacial score (nSPS) is 36.1. The van der Waals surface area contributed by atoms with Crippen molar-refractivity contribution in [1.29, 1.82) is 0 Å². The fraction of sp³-hybridized carbons (Fsp3) is 0.800. The van der Waals surface area contributed by atoms with Gasteiger partial charge >= 0.3 is 5.97 Å². The molecule has 1 spiro atoms. The van der Waals surface area contributed by atoms with E-state index in [-0.39, 0.29) is 40.5 Å². The van der Waals surface area contributed by atoms with E-state index in [1.54, 1.807) is 11.0 Å². The lowest BCUT2D eigenvalue weighted by Crippen LogP contribution is -2.59. The smallest absolute Gasteiger partial charge is 0.308 e. The highest BCUT2D eigenvalue weighted by Gasteiger charge is 2.76. The van der Waals surface area contributed by atoms with E-state index in [9.17, 15) is 24.6 Å². The Morgan fingerprint density at radius 3 is 2.56 bits per heavy atom. The predicted molar refractivity (Wildman–Crippen MR) is 136 cm³/mol. The molecule has 7 atom stereocenters. The number of aliphatic hydroxyl groups is 1. The first-order valence-corrected chi connectivity index (χ1v) is 14.4. The van der Waals surface area contributed by atoms with Crippen LogP contribution in [0.2, 0.25) is 0 Å². The minimum atomic E-state index is -0.977. The Labute approximate surface area is 214 Å². The van der Waals surface area contributed by atoms with Gasteiger partial charge in [0.05, 0.1) is 29.2 Å². The molecule has 0 aromatic carbocycles. The number of hydrogen-bond donors (Lipinski definition) is 2. The third-order valence-corrected chi connectivity index (χ3v) is 11.4. The highest BCUT2D eigenvalue weighted by Crippen LogP contribution is 2.68. The third-order valence-electron chi connectivity index (χ3n) is 8.22. The summed E-state index contributed by atoms with van der Waals surface area (Å²) in [4.78, 5) is 44.2. The lowest BCUT2D eigenvalue weighted by molar-refractivity contribution is -0.150. The summed E-state index contributed by atoms with van der Waals surface area (Å²) in [6.45, 7) is 8.10. The molecule has 190 valence electrons. The molecular formula is C25H37BrN2O5S. The number of nitrogens with zero attached hydrogens (tertiary/aromatic N) is 2. The van der Waals surface area contributed by atoms with Crippen molar-refractivity contribution in [1.82, 2.24) is 9.80 Å². The lowest BCUT2D eigenvalue weighted by Gasteiger charge is -2.43. The lowest BCUT2D eigenvalue weighted by atomic mass is 9.71. The summed E-state index contributed by atoms with van der Waals surface area (Å²) in [5.41, 5.74) is 0. The van der Waals surface area contributed by atoms with Crippen LogP contribution >= 0.6 is 27.7 Å². The van der Waals surface area contributed by atoms with Crippen LogP contribution in [-0.2, 0) is 14.4 Å². The molecule has 0 radical (unpaired) electrons. The number of hydrogen-bond acceptors (Lipinski definition) is 5. The maximum Gasteiger partial charge on any atom is 0.308 e. The Morgan fingerprint density at radius 2 is 2.00 bits per heavy atom. The molecule has 1 aliphatic carbocycles. The van der Waals surface area contributed by atoms with Gasteiger partial charge in [0, 0.05) is 22.7 Å². The molecule has 0 aromatic rings. The summed E-state index contributed by atoms with van der Waals surface area (Å²) in [5.74, 6) is -2.73. The molecule has 1 saturated carbocycles. The van der Waals surface area contributed by atoms with Crippen molar-refractivity contribution in [2.75, 3.05) is 13.2 Å². The molecule has 7 nitrogen and oxygen atoms in total. The first kappa shape index (κ1) is 26.0. The van der Waals surface area contributed by atoms with Gasteiger partial charge in [-0.2, -0.15) is 0 Å². The maximum atomic E-state index is 14.4. The average Bonchev–Trinajstić information content (AvgIpc) is 3.39. The van der Waals surface area contributed by atoms with Gasteiger partial charge in [-0.05, 0) is 31.6 Å². The summed E-state index contributed by atoms with van der Waals surface area (Å²) in [5, 5.41) is 20.2. The van der Waals surface area contributed by atoms with Crippen molar-refractivity contribution >= 4 is 45.5 Å². The van der Waals surface area contributed by atoms with E-state index in [2.05, 4.69) is 22.5 Å². The van der Waals surface area contributed by atoms with Crippen molar-refractivity contribution in [3.8, 4) is 0 Å². The van der Waals surface area contributed by atoms with Crippen molar-refractivity contribution in [3.05, 3.63) is 12.7 Å². The molecule has 4 aliphatic rings. The Kier molecular flexibility index (Phi) is 7.75. The van der Waals surface area contributed by atoms with Crippen LogP contribution in [0, 0.1) is 17.8 Å². The molecule has 3 aliphatic heterocycles. The van der Waals surface area contributed by atoms with Gasteiger partial charge in [0.2, 0.25) is 11.8 Å². The van der Waals surface area contributed by atoms with E-state index in [4.69, 9.17) is 0 Å². The zero-order valence-electron chi connectivity index (χ0n) is 20.1. The molecule has 3 unspecified atom stereocenters. The second kappa shape index (κ2) is 10.1. The van der Waals surface area contributed by atoms with Crippen LogP contribution in [0.15, 0.2) is 12.7 Å². The molecule has 34 heavy (non-hydrogen) atoms. The number of alkyl halides is 1. The van der Waals surface area contributed by atoms with Crippen molar-refractivity contribution in [2.45, 2.75) is 91.7 Å². The molecular weight excluding hydrogens is 520 g/mol. The van der Waals surface area contributed by atoms with Crippen LogP contribution in [0.4, 0.5) is 0 Å². The summed E-state index contributed by atoms with van der Waals surface area (Å²) in [6, 6.07) is -1.19. The number of carbonyl (C=O) groups excluding carboxylic acids is 2. The van der Waals surface area contributed by atoms with Crippen molar-refractivity contribution in [3.63, 3.8) is 0 Å². The number of carboxylic acid groups (broad SMARTS) is 1. The minimum Gasteiger partial charge on any atom is -0.481 e. The summed E-state index contributed by atoms with van der Waals surface area (Å²) in [7, 11) is 0. The second-order valence-electron chi connectivity index (χ2n) is 10.8. The number of halogens is 1. The van der Waals surface area contributed by atoms with E-state index >= 15 is 0 Å². The van der Waals surface area contributed by atoms with Gasteiger partial charge in [-0.15, -0.1) is 18.3 Å². The van der Waals surface area contributed by atoms with Gasteiger partial charge in [-0.1, -0.05) is 55.1 Å². The van der Waals surface area contributed by atoms with E-state index < -0.39 is 34.6 Å². The molecule has 9 heteroatoms. The predicted octanol–water partition coefficient (Wildman–Crippen LogP) is 3.29. The van der Waals surface area contributed by atoms with Crippen LogP contribution in [0.3, 0.4) is 0 Å². The Hall–Kier alpha value is -1.06. The Balaban J connectivity index is 1.80. The number of rotatable bonds is 9. The standard InChI is InChI=1S/C25H37BrN2O5S/c1-4-10-27(15-8-6-5-7-9-15)23(31)21-25-12-17(26)20(34-25)18(24(32)33)19(25)22(30)28(21)16(13-29)11-14(2)3/h4,14-21,29H,1,5-13H2,2-3H3,(H,32,33)/t16-,17?,18+,19+,20+,21?,25?/m1/s1. The quantitative estimate of drug-likeness (QED) is 0.334. The van der Waals surface area contributed by atoms with Crippen LogP contribution in [0.1, 0.15) is 58.8 Å². The maximum absolute atomic E-state index is 14.4. The number of amides is 2. The third kappa shape index (κ3) is 4.13. The summed E-state index contributed by atoms with van der Waals surface area (Å²) in [6.07, 6.45) is 8.04. The van der Waals surface area contributed by atoms with Crippen LogP contribution in [0.5, 0.6) is 0 Å². The monoisotopic (exact) mass is 556 g/mol. The highest BCUT2D eigenvalue weighted by molar-refractivity contribution is 9.09. The molecule has 0 aromatic heterocycles. The first-order valence-electron chi connectivity index (χ1n) is 12.6. The zero-order valence-corrected chi connectivity index (χ0v) is 22.5. The van der Waals surface area contributed by atoms with Gasteiger partial charge in [-0.25, -0.2) is 0 Å². The number of carbonyl (C=O) groups is 3. The van der Waals surface area contributed by atoms with E-state index in [1.165, 1.54) is 11.8 Å². The molecule has 2 N–H and O–H groups in total. The van der Waals surface area contributed by atoms with E-state index in [1.807, 2.05) is 18.7 Å². The molecule has 4 rings (SSSR count). The molecule has 2 amide bonds. The minimum absolute atomic E-state index is 0.0712. The average molecular weight is 558 g/mol. The topological polar surface area (TPSA) is 98.2 Å².